The third-order valence-corrected chi connectivity index (χ3v) is 5.29. The van der Waals surface area contributed by atoms with Crippen molar-refractivity contribution in [2.24, 2.45) is 13.0 Å². The van der Waals surface area contributed by atoms with E-state index in [0.717, 1.165) is 30.6 Å². The molecule has 0 amide bonds. The Morgan fingerprint density at radius 1 is 1.24 bits per heavy atom. The van der Waals surface area contributed by atoms with Crippen LogP contribution in [0.1, 0.15) is 29.3 Å². The molecular weight excluding hydrogens is 310 g/mol. The quantitative estimate of drug-likeness (QED) is 0.672. The maximum atomic E-state index is 9.01. The number of nitrogens with zero attached hydrogens (tertiary/aromatic N) is 2. The van der Waals surface area contributed by atoms with Crippen molar-refractivity contribution in [3.63, 3.8) is 0 Å². The maximum absolute atomic E-state index is 9.01. The minimum absolute atomic E-state index is 0.323. The molecule has 0 aliphatic heterocycles. The summed E-state index contributed by atoms with van der Waals surface area (Å²) in [5.74, 6) is 1.87. The highest BCUT2D eigenvalue weighted by molar-refractivity contribution is 5.77. The Hall–Kier alpha value is -2.59. The summed E-state index contributed by atoms with van der Waals surface area (Å²) in [6.45, 7) is 3.86. The molecule has 3 aromatic rings. The summed E-state index contributed by atoms with van der Waals surface area (Å²) in [5, 5.41) is 9.01. The van der Waals surface area contributed by atoms with Gasteiger partial charge in [-0.1, -0.05) is 43.0 Å². The molecule has 0 bridgehead atoms. The first kappa shape index (κ1) is 15.9. The first-order chi connectivity index (χ1) is 12.2. The van der Waals surface area contributed by atoms with Gasteiger partial charge >= 0.3 is 0 Å². The van der Waals surface area contributed by atoms with E-state index in [-0.39, 0.29) is 0 Å². The minimum Gasteiger partial charge on any atom is -0.331 e. The predicted octanol–water partition coefficient (Wildman–Crippen LogP) is 3.95. The molecular formula is C21H23N3O. The Labute approximate surface area is 147 Å². The van der Waals surface area contributed by atoms with Gasteiger partial charge in [-0.15, -0.1) is 0 Å². The molecule has 0 spiro atoms. The fraction of sp³-hybridized carbons (Fsp3) is 0.286. The molecule has 1 heterocycles. The summed E-state index contributed by atoms with van der Waals surface area (Å²) in [4.78, 5) is 4.86. The number of imidazole rings is 1. The van der Waals surface area contributed by atoms with E-state index in [4.69, 9.17) is 10.2 Å². The van der Waals surface area contributed by atoms with Crippen LogP contribution in [-0.2, 0) is 19.9 Å². The number of benzene rings is 2. The van der Waals surface area contributed by atoms with Crippen molar-refractivity contribution in [1.29, 1.82) is 0 Å². The van der Waals surface area contributed by atoms with Crippen LogP contribution in [0.2, 0.25) is 0 Å². The van der Waals surface area contributed by atoms with E-state index >= 15 is 0 Å². The van der Waals surface area contributed by atoms with Crippen molar-refractivity contribution in [2.45, 2.75) is 25.2 Å². The van der Waals surface area contributed by atoms with Gasteiger partial charge in [-0.2, -0.15) is 0 Å². The zero-order valence-electron chi connectivity index (χ0n) is 14.4. The van der Waals surface area contributed by atoms with Gasteiger partial charge in [0.05, 0.1) is 11.0 Å². The van der Waals surface area contributed by atoms with Crippen LogP contribution in [0.3, 0.4) is 0 Å². The van der Waals surface area contributed by atoms with Gasteiger partial charge < -0.3 is 4.57 Å². The average molecular weight is 333 g/mol. The largest absolute Gasteiger partial charge is 0.331 e. The first-order valence-electron chi connectivity index (χ1n) is 8.75. The molecule has 4 rings (SSSR count). The van der Waals surface area contributed by atoms with E-state index in [0.29, 0.717) is 17.5 Å². The summed E-state index contributed by atoms with van der Waals surface area (Å²) >= 11 is 0. The Morgan fingerprint density at radius 3 is 2.80 bits per heavy atom. The lowest BCUT2D eigenvalue weighted by molar-refractivity contribution is 0.194. The van der Waals surface area contributed by atoms with Gasteiger partial charge in [0.15, 0.2) is 0 Å². The topological polar surface area (TPSA) is 50.1 Å². The number of hydrogen-bond acceptors (Lipinski definition) is 3. The molecule has 0 saturated heterocycles. The normalized spacial score (nSPS) is 19.1. The lowest BCUT2D eigenvalue weighted by Crippen LogP contribution is -2.07. The zero-order chi connectivity index (χ0) is 17.4. The van der Waals surface area contributed by atoms with Crippen molar-refractivity contribution < 1.29 is 5.21 Å². The molecule has 2 atom stereocenters. The summed E-state index contributed by atoms with van der Waals surface area (Å²) in [6, 6.07) is 17.1. The van der Waals surface area contributed by atoms with Crippen molar-refractivity contribution in [2.75, 3.05) is 0 Å². The molecule has 2 aromatic carbocycles. The number of aryl methyl sites for hydroxylation is 3. The highest BCUT2D eigenvalue weighted by Gasteiger charge is 2.40. The van der Waals surface area contributed by atoms with Crippen LogP contribution < -0.4 is 5.48 Å². The number of fused-ring (bicyclic) bond motifs is 1. The highest BCUT2D eigenvalue weighted by Crippen LogP contribution is 2.50. The lowest BCUT2D eigenvalue weighted by atomic mass is 10.1. The zero-order valence-corrected chi connectivity index (χ0v) is 14.4. The van der Waals surface area contributed by atoms with Gasteiger partial charge in [0.1, 0.15) is 5.82 Å². The molecule has 1 aromatic heterocycles. The van der Waals surface area contributed by atoms with E-state index in [9.17, 15) is 0 Å². The molecule has 2 N–H and O–H groups in total. The van der Waals surface area contributed by atoms with Crippen LogP contribution in [0.15, 0.2) is 60.8 Å². The maximum Gasteiger partial charge on any atom is 0.109 e. The van der Waals surface area contributed by atoms with Crippen LogP contribution in [-0.4, -0.2) is 14.8 Å². The smallest absolute Gasteiger partial charge is 0.109 e. The number of hydroxylamine groups is 1. The van der Waals surface area contributed by atoms with Crippen LogP contribution in [0.25, 0.3) is 11.0 Å². The summed E-state index contributed by atoms with van der Waals surface area (Å²) in [5.41, 5.74) is 7.74. The standard InChI is InChI=1S/C21H23N3O/c1-14(23-25)17-13-18(17)16-9-10-20-19(12-16)22-21(24(20)2)11-8-15-6-4-3-5-7-15/h3-7,9-10,12,17-18,23,25H,1,8,11,13H2,2H3. The van der Waals surface area contributed by atoms with Gasteiger partial charge in [-0.05, 0) is 42.0 Å². The van der Waals surface area contributed by atoms with Gasteiger partial charge in [0, 0.05) is 25.1 Å². The second kappa shape index (κ2) is 6.37. The van der Waals surface area contributed by atoms with Crippen LogP contribution in [0, 0.1) is 5.92 Å². The molecule has 1 saturated carbocycles. The second-order valence-corrected chi connectivity index (χ2v) is 6.91. The fourth-order valence-corrected chi connectivity index (χ4v) is 3.65. The number of rotatable bonds is 6. The monoisotopic (exact) mass is 333 g/mol. The van der Waals surface area contributed by atoms with Crippen molar-refractivity contribution in [3.8, 4) is 0 Å². The summed E-state index contributed by atoms with van der Waals surface area (Å²) < 4.78 is 2.20. The first-order valence-corrected chi connectivity index (χ1v) is 8.75. The molecule has 128 valence electrons. The van der Waals surface area contributed by atoms with Crippen molar-refractivity contribution in [3.05, 3.63) is 77.8 Å². The predicted molar refractivity (Wildman–Crippen MR) is 99.5 cm³/mol. The Morgan fingerprint density at radius 2 is 2.04 bits per heavy atom. The third-order valence-electron chi connectivity index (χ3n) is 5.29. The van der Waals surface area contributed by atoms with Crippen LogP contribution in [0.5, 0.6) is 0 Å². The van der Waals surface area contributed by atoms with Crippen molar-refractivity contribution in [1.82, 2.24) is 15.0 Å². The molecule has 0 radical (unpaired) electrons. The molecule has 2 unspecified atom stereocenters. The van der Waals surface area contributed by atoms with Gasteiger partial charge in [0.25, 0.3) is 0 Å². The number of hydrogen-bond donors (Lipinski definition) is 2. The van der Waals surface area contributed by atoms with Gasteiger partial charge in [-0.25, -0.2) is 4.98 Å². The molecule has 4 nitrogen and oxygen atoms in total. The second-order valence-electron chi connectivity index (χ2n) is 6.91. The highest BCUT2D eigenvalue weighted by atomic mass is 16.5. The lowest BCUT2D eigenvalue weighted by Gasteiger charge is -2.04. The third kappa shape index (κ3) is 3.05. The van der Waals surface area contributed by atoms with Crippen molar-refractivity contribution >= 4 is 11.0 Å². The summed E-state index contributed by atoms with van der Waals surface area (Å²) in [7, 11) is 2.09. The number of aromatic nitrogens is 2. The summed E-state index contributed by atoms with van der Waals surface area (Å²) in [6.07, 6.45) is 2.96. The SMILES string of the molecule is C=C(NO)C1CC1c1ccc2c(c1)nc(CCc1ccccc1)n2C. The van der Waals surface area contributed by atoms with Crippen LogP contribution >= 0.6 is 0 Å². The number of nitrogens with one attached hydrogen (secondary N) is 1. The molecule has 25 heavy (non-hydrogen) atoms. The van der Waals surface area contributed by atoms with Gasteiger partial charge in [0.2, 0.25) is 0 Å². The fourth-order valence-electron chi connectivity index (χ4n) is 3.65. The number of allylic oxidation sites excluding steroid dienone is 1. The van der Waals surface area contributed by atoms with E-state index in [1.54, 1.807) is 0 Å². The molecule has 1 aliphatic carbocycles. The Kier molecular flexibility index (Phi) is 4.06. The molecule has 1 fully saturated rings. The Bertz CT molecular complexity index is 914. The Balaban J connectivity index is 1.54. The van der Waals surface area contributed by atoms with E-state index in [2.05, 4.69) is 66.1 Å². The average Bonchev–Trinajstić information content (AvgIpc) is 3.39. The molecule has 1 aliphatic rings. The molecule has 4 heteroatoms. The van der Waals surface area contributed by atoms with E-state index in [1.165, 1.54) is 16.6 Å². The van der Waals surface area contributed by atoms with Crippen LogP contribution in [0.4, 0.5) is 0 Å². The van der Waals surface area contributed by atoms with E-state index < -0.39 is 0 Å². The van der Waals surface area contributed by atoms with Gasteiger partial charge in [-0.3, -0.25) is 10.7 Å². The van der Waals surface area contributed by atoms with E-state index in [1.807, 2.05) is 6.07 Å². The minimum atomic E-state index is 0.323.